The fourth-order valence-electron chi connectivity index (χ4n) is 1.36. The molecule has 0 aliphatic heterocycles. The first-order chi connectivity index (χ1) is 8.88. The predicted molar refractivity (Wildman–Crippen MR) is 66.6 cm³/mol. The number of hydrogen-bond acceptors (Lipinski definition) is 3. The normalized spacial score (nSPS) is 11.7. The van der Waals surface area contributed by atoms with E-state index >= 15 is 0 Å². The minimum absolute atomic E-state index is 0.101. The lowest BCUT2D eigenvalue weighted by atomic mass is 10.3. The number of nitrogens with one attached hydrogen (secondary N) is 1. The summed E-state index contributed by atoms with van der Waals surface area (Å²) >= 11 is 0. The Balaban J connectivity index is 2.48. The molecule has 0 aliphatic carbocycles. The molecule has 0 saturated carbocycles. The SMILES string of the molecule is CC(C)NCCOc1ccccc1OCC(F)(F)F. The van der Waals surface area contributed by atoms with Gasteiger partial charge in [0.15, 0.2) is 18.1 Å². The molecule has 108 valence electrons. The highest BCUT2D eigenvalue weighted by atomic mass is 19.4. The molecule has 0 fully saturated rings. The lowest BCUT2D eigenvalue weighted by Crippen LogP contribution is -2.27. The first kappa shape index (κ1) is 15.6. The average molecular weight is 277 g/mol. The summed E-state index contributed by atoms with van der Waals surface area (Å²) in [5.41, 5.74) is 0. The zero-order chi connectivity index (χ0) is 14.3. The lowest BCUT2D eigenvalue weighted by Gasteiger charge is -2.14. The Morgan fingerprint density at radius 3 is 2.21 bits per heavy atom. The topological polar surface area (TPSA) is 30.5 Å². The van der Waals surface area contributed by atoms with E-state index in [-0.39, 0.29) is 5.75 Å². The van der Waals surface area contributed by atoms with Gasteiger partial charge in [0.05, 0.1) is 0 Å². The van der Waals surface area contributed by atoms with Crippen LogP contribution >= 0.6 is 0 Å². The molecule has 0 radical (unpaired) electrons. The summed E-state index contributed by atoms with van der Waals surface area (Å²) in [6.07, 6.45) is -4.35. The Morgan fingerprint density at radius 1 is 1.11 bits per heavy atom. The van der Waals surface area contributed by atoms with E-state index in [1.807, 2.05) is 13.8 Å². The monoisotopic (exact) mass is 277 g/mol. The van der Waals surface area contributed by atoms with Crippen molar-refractivity contribution in [2.75, 3.05) is 19.8 Å². The van der Waals surface area contributed by atoms with Gasteiger partial charge >= 0.3 is 6.18 Å². The number of rotatable bonds is 7. The molecular weight excluding hydrogens is 259 g/mol. The van der Waals surface area contributed by atoms with E-state index in [1.165, 1.54) is 6.07 Å². The minimum atomic E-state index is -4.35. The maximum atomic E-state index is 12.1. The number of halogens is 3. The first-order valence-corrected chi connectivity index (χ1v) is 6.03. The third-order valence-electron chi connectivity index (χ3n) is 2.15. The Bertz CT molecular complexity index is 380. The van der Waals surface area contributed by atoms with Gasteiger partial charge in [-0.1, -0.05) is 26.0 Å². The molecule has 0 heterocycles. The molecule has 1 N–H and O–H groups in total. The van der Waals surface area contributed by atoms with Crippen molar-refractivity contribution in [2.24, 2.45) is 0 Å². The minimum Gasteiger partial charge on any atom is -0.488 e. The van der Waals surface area contributed by atoms with Gasteiger partial charge in [-0.15, -0.1) is 0 Å². The molecule has 1 aromatic carbocycles. The Hall–Kier alpha value is -1.43. The summed E-state index contributed by atoms with van der Waals surface area (Å²) in [7, 11) is 0. The van der Waals surface area contributed by atoms with Gasteiger partial charge in [-0.25, -0.2) is 0 Å². The Labute approximate surface area is 110 Å². The van der Waals surface area contributed by atoms with Gasteiger partial charge in [0, 0.05) is 12.6 Å². The first-order valence-electron chi connectivity index (χ1n) is 6.03. The maximum Gasteiger partial charge on any atom is 0.422 e. The molecule has 0 spiro atoms. The van der Waals surface area contributed by atoms with Crippen LogP contribution in [-0.4, -0.2) is 32.0 Å². The Morgan fingerprint density at radius 2 is 1.68 bits per heavy atom. The summed E-state index contributed by atoms with van der Waals surface area (Å²) in [6.45, 7) is 3.66. The molecule has 0 unspecified atom stereocenters. The van der Waals surface area contributed by atoms with Crippen molar-refractivity contribution in [3.8, 4) is 11.5 Å². The molecule has 0 aliphatic rings. The van der Waals surface area contributed by atoms with Gasteiger partial charge in [0.25, 0.3) is 0 Å². The van der Waals surface area contributed by atoms with E-state index in [0.717, 1.165) is 0 Å². The highest BCUT2D eigenvalue weighted by Gasteiger charge is 2.28. The average Bonchev–Trinajstić information content (AvgIpc) is 2.32. The summed E-state index contributed by atoms with van der Waals surface area (Å²) in [5.74, 6) is 0.418. The molecule has 1 rings (SSSR count). The van der Waals surface area contributed by atoms with E-state index in [0.29, 0.717) is 24.9 Å². The van der Waals surface area contributed by atoms with Crippen molar-refractivity contribution >= 4 is 0 Å². The van der Waals surface area contributed by atoms with Gasteiger partial charge < -0.3 is 14.8 Å². The fourth-order valence-corrected chi connectivity index (χ4v) is 1.36. The van der Waals surface area contributed by atoms with Crippen LogP contribution in [0.3, 0.4) is 0 Å². The van der Waals surface area contributed by atoms with E-state index in [1.54, 1.807) is 18.2 Å². The van der Waals surface area contributed by atoms with E-state index in [2.05, 4.69) is 5.32 Å². The van der Waals surface area contributed by atoms with Crippen molar-refractivity contribution < 1.29 is 22.6 Å². The third kappa shape index (κ3) is 6.91. The van der Waals surface area contributed by atoms with Crippen molar-refractivity contribution in [3.05, 3.63) is 24.3 Å². The molecule has 0 aromatic heterocycles. The van der Waals surface area contributed by atoms with Crippen LogP contribution < -0.4 is 14.8 Å². The maximum absolute atomic E-state index is 12.1. The van der Waals surface area contributed by atoms with Crippen molar-refractivity contribution in [2.45, 2.75) is 26.1 Å². The standard InChI is InChI=1S/C13H18F3NO2/c1-10(2)17-7-8-18-11-5-3-4-6-12(11)19-9-13(14,15)16/h3-6,10,17H,7-9H2,1-2H3. The Kier molecular flexibility index (Phi) is 5.95. The second-order valence-corrected chi connectivity index (χ2v) is 4.31. The summed E-state index contributed by atoms with van der Waals surface area (Å²) < 4.78 is 46.4. The quantitative estimate of drug-likeness (QED) is 0.777. The number of hydrogen-bond donors (Lipinski definition) is 1. The second kappa shape index (κ2) is 7.23. The van der Waals surface area contributed by atoms with Gasteiger partial charge in [-0.2, -0.15) is 13.2 Å². The molecule has 0 atom stereocenters. The summed E-state index contributed by atoms with van der Waals surface area (Å²) in [5, 5.41) is 3.15. The highest BCUT2D eigenvalue weighted by Crippen LogP contribution is 2.28. The van der Waals surface area contributed by atoms with Gasteiger partial charge in [0.2, 0.25) is 0 Å². The van der Waals surface area contributed by atoms with Crippen molar-refractivity contribution in [1.82, 2.24) is 5.32 Å². The number of benzene rings is 1. The summed E-state index contributed by atoms with van der Waals surface area (Å²) in [4.78, 5) is 0. The van der Waals surface area contributed by atoms with E-state index < -0.39 is 12.8 Å². The highest BCUT2D eigenvalue weighted by molar-refractivity contribution is 5.39. The molecule has 0 bridgehead atoms. The van der Waals surface area contributed by atoms with Crippen LogP contribution in [0.5, 0.6) is 11.5 Å². The fraction of sp³-hybridized carbons (Fsp3) is 0.538. The molecule has 3 nitrogen and oxygen atoms in total. The summed E-state index contributed by atoms with van der Waals surface area (Å²) in [6, 6.07) is 6.66. The molecule has 0 amide bonds. The lowest BCUT2D eigenvalue weighted by molar-refractivity contribution is -0.153. The predicted octanol–water partition coefficient (Wildman–Crippen LogP) is 3.00. The zero-order valence-corrected chi connectivity index (χ0v) is 11.0. The van der Waals surface area contributed by atoms with Crippen LogP contribution in [0.1, 0.15) is 13.8 Å². The molecular formula is C13H18F3NO2. The van der Waals surface area contributed by atoms with Crippen LogP contribution in [0.25, 0.3) is 0 Å². The number of alkyl halides is 3. The number of ether oxygens (including phenoxy) is 2. The largest absolute Gasteiger partial charge is 0.488 e. The molecule has 0 saturated heterocycles. The molecule has 1 aromatic rings. The molecule has 6 heteroatoms. The van der Waals surface area contributed by atoms with Crippen LogP contribution in [0.2, 0.25) is 0 Å². The second-order valence-electron chi connectivity index (χ2n) is 4.31. The van der Waals surface area contributed by atoms with Gasteiger partial charge in [-0.05, 0) is 12.1 Å². The van der Waals surface area contributed by atoms with Crippen molar-refractivity contribution in [3.63, 3.8) is 0 Å². The number of para-hydroxylation sites is 2. The zero-order valence-electron chi connectivity index (χ0n) is 11.0. The smallest absolute Gasteiger partial charge is 0.422 e. The van der Waals surface area contributed by atoms with Crippen molar-refractivity contribution in [1.29, 1.82) is 0 Å². The van der Waals surface area contributed by atoms with Gasteiger partial charge in [0.1, 0.15) is 6.61 Å². The third-order valence-corrected chi connectivity index (χ3v) is 2.15. The van der Waals surface area contributed by atoms with Crippen LogP contribution in [-0.2, 0) is 0 Å². The van der Waals surface area contributed by atoms with Crippen LogP contribution in [0.4, 0.5) is 13.2 Å². The van der Waals surface area contributed by atoms with E-state index in [9.17, 15) is 13.2 Å². The molecule has 19 heavy (non-hydrogen) atoms. The van der Waals surface area contributed by atoms with E-state index in [4.69, 9.17) is 9.47 Å². The van der Waals surface area contributed by atoms with Crippen LogP contribution in [0, 0.1) is 0 Å². The van der Waals surface area contributed by atoms with Crippen LogP contribution in [0.15, 0.2) is 24.3 Å². The van der Waals surface area contributed by atoms with Gasteiger partial charge in [-0.3, -0.25) is 0 Å².